The van der Waals surface area contributed by atoms with Gasteiger partial charge in [0.15, 0.2) is 0 Å². The molecule has 5 heteroatoms. The standard InChI is InChI=1S/C12H14N4O/c1-16-9-11(8-15-16)7-14-12(17)5-10-3-2-4-13-6-10/h2-4,6,8-9H,5,7H2,1H3,(H,14,17). The molecule has 0 saturated heterocycles. The monoisotopic (exact) mass is 230 g/mol. The van der Waals surface area contributed by atoms with Crippen molar-refractivity contribution in [3.05, 3.63) is 48.0 Å². The van der Waals surface area contributed by atoms with E-state index in [4.69, 9.17) is 0 Å². The van der Waals surface area contributed by atoms with Gasteiger partial charge in [0.25, 0.3) is 0 Å². The number of nitrogens with one attached hydrogen (secondary N) is 1. The van der Waals surface area contributed by atoms with Gasteiger partial charge < -0.3 is 5.32 Å². The van der Waals surface area contributed by atoms with Crippen LogP contribution in [0.4, 0.5) is 0 Å². The Bertz CT molecular complexity index is 492. The minimum Gasteiger partial charge on any atom is -0.352 e. The fourth-order valence-corrected chi connectivity index (χ4v) is 1.51. The zero-order chi connectivity index (χ0) is 12.1. The van der Waals surface area contributed by atoms with Crippen LogP contribution in [0.5, 0.6) is 0 Å². The first-order valence-electron chi connectivity index (χ1n) is 5.37. The molecule has 2 aromatic heterocycles. The minimum atomic E-state index is -0.0122. The highest BCUT2D eigenvalue weighted by Gasteiger charge is 2.03. The van der Waals surface area contributed by atoms with Crippen LogP contribution in [0.2, 0.25) is 0 Å². The predicted molar refractivity (Wildman–Crippen MR) is 63.0 cm³/mol. The Labute approximate surface area is 99.5 Å². The van der Waals surface area contributed by atoms with Gasteiger partial charge in [0.1, 0.15) is 0 Å². The zero-order valence-electron chi connectivity index (χ0n) is 9.63. The van der Waals surface area contributed by atoms with Crippen molar-refractivity contribution in [2.75, 3.05) is 0 Å². The van der Waals surface area contributed by atoms with Crippen LogP contribution in [0.3, 0.4) is 0 Å². The van der Waals surface area contributed by atoms with E-state index >= 15 is 0 Å². The summed E-state index contributed by atoms with van der Waals surface area (Å²) in [5.74, 6) is -0.0122. The molecule has 0 aliphatic rings. The predicted octanol–water partition coefficient (Wildman–Crippen LogP) is 0.674. The topological polar surface area (TPSA) is 59.8 Å². The SMILES string of the molecule is Cn1cc(CNC(=O)Cc2cccnc2)cn1. The molecule has 88 valence electrons. The van der Waals surface area contributed by atoms with Crippen molar-refractivity contribution in [3.8, 4) is 0 Å². The van der Waals surface area contributed by atoms with E-state index in [1.54, 1.807) is 23.3 Å². The minimum absolute atomic E-state index is 0.0122. The van der Waals surface area contributed by atoms with Crippen LogP contribution in [-0.2, 0) is 24.8 Å². The molecule has 2 heterocycles. The fraction of sp³-hybridized carbons (Fsp3) is 0.250. The van der Waals surface area contributed by atoms with Crippen molar-refractivity contribution < 1.29 is 4.79 Å². The van der Waals surface area contributed by atoms with Crippen molar-refractivity contribution in [1.29, 1.82) is 0 Å². The summed E-state index contributed by atoms with van der Waals surface area (Å²) >= 11 is 0. The average Bonchev–Trinajstić information content (AvgIpc) is 2.74. The molecule has 2 aromatic rings. The highest BCUT2D eigenvalue weighted by atomic mass is 16.1. The Morgan fingerprint density at radius 3 is 2.94 bits per heavy atom. The number of nitrogens with zero attached hydrogens (tertiary/aromatic N) is 3. The van der Waals surface area contributed by atoms with E-state index in [-0.39, 0.29) is 5.91 Å². The highest BCUT2D eigenvalue weighted by molar-refractivity contribution is 5.78. The lowest BCUT2D eigenvalue weighted by Crippen LogP contribution is -2.24. The molecular formula is C12H14N4O. The molecule has 0 atom stereocenters. The summed E-state index contributed by atoms with van der Waals surface area (Å²) < 4.78 is 1.71. The molecule has 0 spiro atoms. The number of amides is 1. The molecule has 1 N–H and O–H groups in total. The molecular weight excluding hydrogens is 216 g/mol. The Hall–Kier alpha value is -2.17. The lowest BCUT2D eigenvalue weighted by molar-refractivity contribution is -0.120. The van der Waals surface area contributed by atoms with Gasteiger partial charge in [0, 0.05) is 37.7 Å². The molecule has 0 unspecified atom stereocenters. The van der Waals surface area contributed by atoms with E-state index in [2.05, 4.69) is 15.4 Å². The molecule has 0 fully saturated rings. The van der Waals surface area contributed by atoms with E-state index in [0.29, 0.717) is 13.0 Å². The Balaban J connectivity index is 1.82. The van der Waals surface area contributed by atoms with Crippen molar-refractivity contribution in [2.24, 2.45) is 7.05 Å². The van der Waals surface area contributed by atoms with Crippen LogP contribution in [-0.4, -0.2) is 20.7 Å². The first kappa shape index (κ1) is 11.3. The van der Waals surface area contributed by atoms with E-state index in [9.17, 15) is 4.79 Å². The summed E-state index contributed by atoms with van der Waals surface area (Å²) in [5, 5.41) is 6.87. The first-order valence-corrected chi connectivity index (χ1v) is 5.37. The van der Waals surface area contributed by atoms with E-state index in [0.717, 1.165) is 11.1 Å². The van der Waals surface area contributed by atoms with Crippen LogP contribution < -0.4 is 5.32 Å². The zero-order valence-corrected chi connectivity index (χ0v) is 9.63. The van der Waals surface area contributed by atoms with E-state index in [1.807, 2.05) is 25.4 Å². The van der Waals surface area contributed by atoms with Crippen LogP contribution in [0.1, 0.15) is 11.1 Å². The number of aromatic nitrogens is 3. The van der Waals surface area contributed by atoms with Crippen LogP contribution >= 0.6 is 0 Å². The maximum absolute atomic E-state index is 11.6. The first-order chi connectivity index (χ1) is 8.24. The molecule has 0 radical (unpaired) electrons. The summed E-state index contributed by atoms with van der Waals surface area (Å²) in [5.41, 5.74) is 1.91. The van der Waals surface area contributed by atoms with Crippen LogP contribution in [0.25, 0.3) is 0 Å². The largest absolute Gasteiger partial charge is 0.352 e. The van der Waals surface area contributed by atoms with Gasteiger partial charge in [-0.15, -0.1) is 0 Å². The Kier molecular flexibility index (Phi) is 3.49. The number of carbonyl (C=O) groups excluding carboxylic acids is 1. The van der Waals surface area contributed by atoms with Gasteiger partial charge in [0.2, 0.25) is 5.91 Å². The molecule has 0 aromatic carbocycles. The molecule has 5 nitrogen and oxygen atoms in total. The summed E-state index contributed by atoms with van der Waals surface area (Å²) in [4.78, 5) is 15.6. The molecule has 1 amide bonds. The maximum Gasteiger partial charge on any atom is 0.224 e. The second-order valence-corrected chi connectivity index (χ2v) is 3.84. The van der Waals surface area contributed by atoms with Crippen molar-refractivity contribution in [3.63, 3.8) is 0 Å². The second kappa shape index (κ2) is 5.25. The number of rotatable bonds is 4. The highest BCUT2D eigenvalue weighted by Crippen LogP contribution is 1.98. The van der Waals surface area contributed by atoms with Crippen molar-refractivity contribution >= 4 is 5.91 Å². The molecule has 0 aliphatic heterocycles. The number of carbonyl (C=O) groups is 1. The van der Waals surface area contributed by atoms with Gasteiger partial charge in [-0.1, -0.05) is 6.07 Å². The van der Waals surface area contributed by atoms with Gasteiger partial charge in [-0.2, -0.15) is 5.10 Å². The Morgan fingerprint density at radius 2 is 2.29 bits per heavy atom. The third-order valence-corrected chi connectivity index (χ3v) is 2.34. The third kappa shape index (κ3) is 3.41. The smallest absolute Gasteiger partial charge is 0.224 e. The number of hydrogen-bond donors (Lipinski definition) is 1. The summed E-state index contributed by atoms with van der Waals surface area (Å²) in [6.45, 7) is 0.507. The van der Waals surface area contributed by atoms with Gasteiger partial charge in [-0.3, -0.25) is 14.5 Å². The molecule has 2 rings (SSSR count). The lowest BCUT2D eigenvalue weighted by Gasteiger charge is -2.03. The van der Waals surface area contributed by atoms with Crippen molar-refractivity contribution in [2.45, 2.75) is 13.0 Å². The number of hydrogen-bond acceptors (Lipinski definition) is 3. The molecule has 0 bridgehead atoms. The third-order valence-electron chi connectivity index (χ3n) is 2.34. The summed E-state index contributed by atoms with van der Waals surface area (Å²) in [6, 6.07) is 3.71. The molecule has 0 saturated carbocycles. The van der Waals surface area contributed by atoms with Crippen LogP contribution in [0.15, 0.2) is 36.9 Å². The van der Waals surface area contributed by atoms with Gasteiger partial charge in [-0.25, -0.2) is 0 Å². The second-order valence-electron chi connectivity index (χ2n) is 3.84. The number of pyridine rings is 1. The quantitative estimate of drug-likeness (QED) is 0.840. The fourth-order valence-electron chi connectivity index (χ4n) is 1.51. The molecule has 17 heavy (non-hydrogen) atoms. The van der Waals surface area contributed by atoms with Crippen LogP contribution in [0, 0.1) is 0 Å². The number of aryl methyl sites for hydroxylation is 1. The maximum atomic E-state index is 11.6. The van der Waals surface area contributed by atoms with Gasteiger partial charge >= 0.3 is 0 Å². The van der Waals surface area contributed by atoms with E-state index in [1.165, 1.54) is 0 Å². The summed E-state index contributed by atoms with van der Waals surface area (Å²) in [6.07, 6.45) is 7.36. The molecule has 0 aliphatic carbocycles. The van der Waals surface area contributed by atoms with E-state index < -0.39 is 0 Å². The summed E-state index contributed by atoms with van der Waals surface area (Å²) in [7, 11) is 1.85. The Morgan fingerprint density at radius 1 is 1.41 bits per heavy atom. The van der Waals surface area contributed by atoms with Gasteiger partial charge in [-0.05, 0) is 11.6 Å². The van der Waals surface area contributed by atoms with Crippen molar-refractivity contribution in [1.82, 2.24) is 20.1 Å². The normalized spacial score (nSPS) is 10.2. The average molecular weight is 230 g/mol. The lowest BCUT2D eigenvalue weighted by atomic mass is 10.2. The van der Waals surface area contributed by atoms with Gasteiger partial charge in [0.05, 0.1) is 12.6 Å².